The summed E-state index contributed by atoms with van der Waals surface area (Å²) in [6.45, 7) is 2.98. The van der Waals surface area contributed by atoms with E-state index in [2.05, 4.69) is 5.32 Å². The highest BCUT2D eigenvalue weighted by Crippen LogP contribution is 2.06. The van der Waals surface area contributed by atoms with Crippen molar-refractivity contribution in [3.05, 3.63) is 30.3 Å². The van der Waals surface area contributed by atoms with Gasteiger partial charge in [-0.25, -0.2) is 0 Å². The number of carbonyl (C=O) groups excluding carboxylic acids is 2. The Morgan fingerprint density at radius 2 is 1.80 bits per heavy atom. The van der Waals surface area contributed by atoms with Crippen LogP contribution in [0, 0.1) is 0 Å². The molecule has 0 unspecified atom stereocenters. The molecule has 0 heterocycles. The van der Waals surface area contributed by atoms with Crippen LogP contribution in [0.4, 0.5) is 5.69 Å². The van der Waals surface area contributed by atoms with E-state index in [4.69, 9.17) is 5.11 Å². The summed E-state index contributed by atoms with van der Waals surface area (Å²) < 4.78 is 0. The van der Waals surface area contributed by atoms with Gasteiger partial charge in [0.2, 0.25) is 0 Å². The topological polar surface area (TPSA) is 69.6 Å². The highest BCUT2D eigenvalue weighted by molar-refractivity contribution is 6.39. The fraction of sp³-hybridized carbons (Fsp3) is 0.467. The molecule has 20 heavy (non-hydrogen) atoms. The minimum absolute atomic E-state index is 0.0101. The van der Waals surface area contributed by atoms with Gasteiger partial charge >= 0.3 is 11.8 Å². The first-order chi connectivity index (χ1) is 9.69. The smallest absolute Gasteiger partial charge is 0.313 e. The van der Waals surface area contributed by atoms with Crippen LogP contribution >= 0.6 is 0 Å². The number of carbonyl (C=O) groups is 2. The van der Waals surface area contributed by atoms with Crippen molar-refractivity contribution in [2.24, 2.45) is 0 Å². The molecule has 0 bridgehead atoms. The van der Waals surface area contributed by atoms with Crippen LogP contribution in [0.5, 0.6) is 0 Å². The molecular weight excluding hydrogens is 256 g/mol. The predicted molar refractivity (Wildman–Crippen MR) is 78.3 cm³/mol. The van der Waals surface area contributed by atoms with E-state index in [1.54, 1.807) is 24.3 Å². The first-order valence-electron chi connectivity index (χ1n) is 6.95. The standard InChI is InChI=1S/C15H22N2O3/c1-2-3-10-17(11-7-12-18)15(20)14(19)16-13-8-5-4-6-9-13/h4-6,8-9,18H,2-3,7,10-12H2,1H3,(H,16,19). The van der Waals surface area contributed by atoms with Gasteiger partial charge in [-0.15, -0.1) is 0 Å². The second-order valence-corrected chi connectivity index (χ2v) is 4.54. The van der Waals surface area contributed by atoms with E-state index in [0.29, 0.717) is 25.2 Å². The van der Waals surface area contributed by atoms with E-state index in [0.717, 1.165) is 12.8 Å². The summed E-state index contributed by atoms with van der Waals surface area (Å²) in [5.74, 6) is -1.18. The van der Waals surface area contributed by atoms with Crippen molar-refractivity contribution in [2.45, 2.75) is 26.2 Å². The molecule has 0 aliphatic heterocycles. The van der Waals surface area contributed by atoms with Crippen LogP contribution < -0.4 is 5.32 Å². The van der Waals surface area contributed by atoms with Crippen LogP contribution in [0.1, 0.15) is 26.2 Å². The molecule has 1 rings (SSSR count). The van der Waals surface area contributed by atoms with Crippen LogP contribution in [0.15, 0.2) is 30.3 Å². The number of hydrogen-bond donors (Lipinski definition) is 2. The molecule has 1 aromatic rings. The zero-order chi connectivity index (χ0) is 14.8. The van der Waals surface area contributed by atoms with Crippen molar-refractivity contribution in [3.8, 4) is 0 Å². The molecule has 110 valence electrons. The van der Waals surface area contributed by atoms with Gasteiger partial charge in [0, 0.05) is 25.4 Å². The van der Waals surface area contributed by atoms with Gasteiger partial charge in [-0.05, 0) is 25.0 Å². The van der Waals surface area contributed by atoms with Gasteiger partial charge in [0.1, 0.15) is 0 Å². The molecule has 0 aliphatic rings. The number of nitrogens with zero attached hydrogens (tertiary/aromatic N) is 1. The van der Waals surface area contributed by atoms with Gasteiger partial charge in [0.05, 0.1) is 0 Å². The van der Waals surface area contributed by atoms with Gasteiger partial charge in [-0.3, -0.25) is 9.59 Å². The third-order valence-corrected chi connectivity index (χ3v) is 2.88. The van der Waals surface area contributed by atoms with Crippen LogP contribution in [-0.2, 0) is 9.59 Å². The van der Waals surface area contributed by atoms with Gasteiger partial charge in [-0.2, -0.15) is 0 Å². The van der Waals surface area contributed by atoms with Gasteiger partial charge < -0.3 is 15.3 Å². The number of anilines is 1. The van der Waals surface area contributed by atoms with Crippen molar-refractivity contribution < 1.29 is 14.7 Å². The normalized spacial score (nSPS) is 10.1. The number of para-hydroxylation sites is 1. The molecule has 0 atom stereocenters. The van der Waals surface area contributed by atoms with Crippen molar-refractivity contribution in [1.82, 2.24) is 4.90 Å². The quantitative estimate of drug-likeness (QED) is 0.745. The second kappa shape index (κ2) is 9.09. The van der Waals surface area contributed by atoms with E-state index in [1.165, 1.54) is 4.90 Å². The van der Waals surface area contributed by atoms with E-state index < -0.39 is 11.8 Å². The number of rotatable bonds is 7. The molecule has 5 nitrogen and oxygen atoms in total. The maximum absolute atomic E-state index is 12.1. The fourth-order valence-corrected chi connectivity index (χ4v) is 1.78. The lowest BCUT2D eigenvalue weighted by atomic mass is 10.2. The van der Waals surface area contributed by atoms with E-state index in [1.807, 2.05) is 13.0 Å². The van der Waals surface area contributed by atoms with E-state index >= 15 is 0 Å². The molecule has 2 amide bonds. The summed E-state index contributed by atoms with van der Waals surface area (Å²) in [5, 5.41) is 11.4. The molecule has 2 N–H and O–H groups in total. The summed E-state index contributed by atoms with van der Waals surface area (Å²) in [4.78, 5) is 25.5. The number of benzene rings is 1. The van der Waals surface area contributed by atoms with Crippen LogP contribution in [-0.4, -0.2) is 41.5 Å². The van der Waals surface area contributed by atoms with Crippen LogP contribution in [0.2, 0.25) is 0 Å². The molecule has 0 aromatic heterocycles. The van der Waals surface area contributed by atoms with Gasteiger partial charge in [0.15, 0.2) is 0 Å². The average Bonchev–Trinajstić information content (AvgIpc) is 2.48. The Kier molecular flexibility index (Phi) is 7.35. The van der Waals surface area contributed by atoms with Gasteiger partial charge in [-0.1, -0.05) is 31.5 Å². The van der Waals surface area contributed by atoms with Crippen molar-refractivity contribution in [1.29, 1.82) is 0 Å². The minimum Gasteiger partial charge on any atom is -0.396 e. The van der Waals surface area contributed by atoms with E-state index in [-0.39, 0.29) is 6.61 Å². The zero-order valence-corrected chi connectivity index (χ0v) is 11.8. The Labute approximate surface area is 119 Å². The fourth-order valence-electron chi connectivity index (χ4n) is 1.78. The number of aliphatic hydroxyl groups excluding tert-OH is 1. The van der Waals surface area contributed by atoms with E-state index in [9.17, 15) is 9.59 Å². The first kappa shape index (κ1) is 16.2. The predicted octanol–water partition coefficient (Wildman–Crippen LogP) is 1.64. The molecule has 0 fully saturated rings. The summed E-state index contributed by atoms with van der Waals surface area (Å²) in [6, 6.07) is 8.89. The monoisotopic (exact) mass is 278 g/mol. The highest BCUT2D eigenvalue weighted by Gasteiger charge is 2.20. The lowest BCUT2D eigenvalue weighted by Crippen LogP contribution is -2.41. The maximum Gasteiger partial charge on any atom is 0.313 e. The molecule has 0 saturated heterocycles. The number of hydrogen-bond acceptors (Lipinski definition) is 3. The maximum atomic E-state index is 12.1. The highest BCUT2D eigenvalue weighted by atomic mass is 16.3. The number of aliphatic hydroxyl groups is 1. The largest absolute Gasteiger partial charge is 0.396 e. The van der Waals surface area contributed by atoms with Crippen molar-refractivity contribution in [3.63, 3.8) is 0 Å². The second-order valence-electron chi connectivity index (χ2n) is 4.54. The lowest BCUT2D eigenvalue weighted by Gasteiger charge is -2.21. The minimum atomic E-state index is -0.634. The number of unbranched alkanes of at least 4 members (excludes halogenated alkanes) is 1. The van der Waals surface area contributed by atoms with Crippen LogP contribution in [0.25, 0.3) is 0 Å². The number of nitrogens with one attached hydrogen (secondary N) is 1. The Morgan fingerprint density at radius 1 is 1.15 bits per heavy atom. The molecule has 5 heteroatoms. The molecular formula is C15H22N2O3. The zero-order valence-electron chi connectivity index (χ0n) is 11.8. The molecule has 1 aromatic carbocycles. The molecule has 0 aliphatic carbocycles. The Morgan fingerprint density at radius 3 is 2.40 bits per heavy atom. The molecule has 0 spiro atoms. The third kappa shape index (κ3) is 5.40. The summed E-state index contributed by atoms with van der Waals surface area (Å²) in [5.41, 5.74) is 0.600. The first-order valence-corrected chi connectivity index (χ1v) is 6.95. The summed E-state index contributed by atoms with van der Waals surface area (Å²) in [7, 11) is 0. The summed E-state index contributed by atoms with van der Waals surface area (Å²) in [6.07, 6.45) is 2.27. The summed E-state index contributed by atoms with van der Waals surface area (Å²) >= 11 is 0. The van der Waals surface area contributed by atoms with Gasteiger partial charge in [0.25, 0.3) is 0 Å². The Balaban J connectivity index is 2.60. The van der Waals surface area contributed by atoms with Crippen molar-refractivity contribution in [2.75, 3.05) is 25.0 Å². The number of amides is 2. The molecule has 0 saturated carbocycles. The van der Waals surface area contributed by atoms with Crippen LogP contribution in [0.3, 0.4) is 0 Å². The lowest BCUT2D eigenvalue weighted by molar-refractivity contribution is -0.143. The SMILES string of the molecule is CCCCN(CCCO)C(=O)C(=O)Nc1ccccc1. The van der Waals surface area contributed by atoms with Crippen molar-refractivity contribution >= 4 is 17.5 Å². The Hall–Kier alpha value is -1.88. The Bertz CT molecular complexity index is 412. The molecule has 0 radical (unpaired) electrons. The third-order valence-electron chi connectivity index (χ3n) is 2.88. The average molecular weight is 278 g/mol.